The lowest BCUT2D eigenvalue weighted by Crippen LogP contribution is -1.86. The summed E-state index contributed by atoms with van der Waals surface area (Å²) >= 11 is 1.98. The lowest BCUT2D eigenvalue weighted by atomic mass is 10.0. The van der Waals surface area contributed by atoms with Gasteiger partial charge in [-0.1, -0.05) is 94.5 Å². The van der Waals surface area contributed by atoms with Crippen LogP contribution in [0.2, 0.25) is 0 Å². The molecular formula is C22H37S. The van der Waals surface area contributed by atoms with Crippen LogP contribution in [-0.2, 0) is 6.42 Å². The van der Waals surface area contributed by atoms with E-state index in [0.717, 1.165) is 5.75 Å². The molecule has 1 aromatic carbocycles. The second kappa shape index (κ2) is 16.4. The minimum absolute atomic E-state index is 1.03. The van der Waals surface area contributed by atoms with Crippen LogP contribution in [0.5, 0.6) is 0 Å². The van der Waals surface area contributed by atoms with Gasteiger partial charge in [-0.2, -0.15) is 11.8 Å². The van der Waals surface area contributed by atoms with Gasteiger partial charge in [0, 0.05) is 0 Å². The second-order valence-electron chi connectivity index (χ2n) is 6.59. The summed E-state index contributed by atoms with van der Waals surface area (Å²) in [4.78, 5) is 0. The fraction of sp³-hybridized carbons (Fsp3) is 0.682. The van der Waals surface area contributed by atoms with E-state index in [2.05, 4.69) is 37.3 Å². The van der Waals surface area contributed by atoms with Crippen molar-refractivity contribution in [3.8, 4) is 0 Å². The van der Waals surface area contributed by atoms with Gasteiger partial charge in [0.15, 0.2) is 0 Å². The van der Waals surface area contributed by atoms with Gasteiger partial charge in [0.05, 0.1) is 0 Å². The third-order valence-corrected chi connectivity index (χ3v) is 5.36. The standard InChI is InChI=1S/C22H37S/c1-2-23-21-17-12-10-8-6-4-3-5-7-9-11-14-18-22-19-15-13-16-20-22/h13,15-16,19-20H,1-12,14,17-18,21H2. The Bertz CT molecular complexity index is 333. The highest BCUT2D eigenvalue weighted by molar-refractivity contribution is 7.99. The van der Waals surface area contributed by atoms with Crippen LogP contribution in [0.3, 0.4) is 0 Å². The van der Waals surface area contributed by atoms with E-state index in [1.165, 1.54) is 94.8 Å². The predicted molar refractivity (Wildman–Crippen MR) is 108 cm³/mol. The first-order chi connectivity index (χ1) is 11.4. The molecule has 0 atom stereocenters. The zero-order chi connectivity index (χ0) is 16.4. The van der Waals surface area contributed by atoms with Gasteiger partial charge in [-0.25, -0.2) is 0 Å². The van der Waals surface area contributed by atoms with Crippen LogP contribution in [0.4, 0.5) is 0 Å². The first-order valence-corrected chi connectivity index (χ1v) is 11.0. The Hall–Kier alpha value is -0.430. The number of rotatable bonds is 16. The zero-order valence-corrected chi connectivity index (χ0v) is 15.9. The molecule has 0 aliphatic heterocycles. The average molecular weight is 334 g/mol. The van der Waals surface area contributed by atoms with Crippen LogP contribution in [0.15, 0.2) is 30.3 Å². The van der Waals surface area contributed by atoms with Crippen molar-refractivity contribution >= 4 is 11.8 Å². The van der Waals surface area contributed by atoms with Gasteiger partial charge in [0.2, 0.25) is 0 Å². The highest BCUT2D eigenvalue weighted by atomic mass is 32.2. The highest BCUT2D eigenvalue weighted by Gasteiger charge is 1.95. The molecule has 0 aliphatic carbocycles. The van der Waals surface area contributed by atoms with Crippen molar-refractivity contribution < 1.29 is 0 Å². The molecule has 0 heterocycles. The van der Waals surface area contributed by atoms with Crippen molar-refractivity contribution in [2.75, 3.05) is 11.5 Å². The molecule has 1 heteroatoms. The molecule has 0 fully saturated rings. The highest BCUT2D eigenvalue weighted by Crippen LogP contribution is 2.14. The molecule has 0 bridgehead atoms. The van der Waals surface area contributed by atoms with E-state index < -0.39 is 0 Å². The van der Waals surface area contributed by atoms with Crippen LogP contribution in [0.1, 0.15) is 82.6 Å². The molecule has 0 saturated heterocycles. The summed E-state index contributed by atoms with van der Waals surface area (Å²) in [5.74, 6) is 2.35. The molecule has 1 rings (SSSR count). The first kappa shape index (κ1) is 20.6. The monoisotopic (exact) mass is 333 g/mol. The van der Waals surface area contributed by atoms with E-state index in [9.17, 15) is 0 Å². The molecule has 0 unspecified atom stereocenters. The molecule has 0 saturated carbocycles. The van der Waals surface area contributed by atoms with E-state index >= 15 is 0 Å². The zero-order valence-electron chi connectivity index (χ0n) is 15.1. The van der Waals surface area contributed by atoms with Gasteiger partial charge in [-0.15, -0.1) is 0 Å². The SMILES string of the molecule is [CH2]CSCCCCCCCCCCCCCCc1ccccc1. The Balaban J connectivity index is 1.72. The number of unbranched alkanes of at least 4 members (excludes halogenated alkanes) is 11. The molecule has 1 radical (unpaired) electrons. The number of hydrogen-bond acceptors (Lipinski definition) is 1. The van der Waals surface area contributed by atoms with Crippen molar-refractivity contribution in [2.24, 2.45) is 0 Å². The molecule has 0 amide bonds. The largest absolute Gasteiger partial charge is 0.162 e. The summed E-state index contributed by atoms with van der Waals surface area (Å²) < 4.78 is 0. The van der Waals surface area contributed by atoms with E-state index in [4.69, 9.17) is 0 Å². The van der Waals surface area contributed by atoms with E-state index in [1.54, 1.807) is 0 Å². The number of hydrogen-bond donors (Lipinski definition) is 0. The minimum atomic E-state index is 1.03. The van der Waals surface area contributed by atoms with Gasteiger partial charge in [0.1, 0.15) is 0 Å². The smallest absolute Gasteiger partial charge is 0.00672 e. The molecule has 0 nitrogen and oxygen atoms in total. The maximum Gasteiger partial charge on any atom is -0.00672 e. The predicted octanol–water partition coefficient (Wildman–Crippen LogP) is 7.48. The second-order valence-corrected chi connectivity index (χ2v) is 7.82. The Morgan fingerprint density at radius 1 is 0.609 bits per heavy atom. The third-order valence-electron chi connectivity index (χ3n) is 4.49. The topological polar surface area (TPSA) is 0 Å². The fourth-order valence-corrected chi connectivity index (χ4v) is 3.66. The summed E-state index contributed by atoms with van der Waals surface area (Å²) in [6.07, 6.45) is 18.4. The maximum atomic E-state index is 3.86. The Kier molecular flexibility index (Phi) is 14.7. The fourth-order valence-electron chi connectivity index (χ4n) is 3.05. The van der Waals surface area contributed by atoms with Crippen molar-refractivity contribution in [1.29, 1.82) is 0 Å². The molecule has 23 heavy (non-hydrogen) atoms. The van der Waals surface area contributed by atoms with Crippen molar-refractivity contribution in [1.82, 2.24) is 0 Å². The lowest BCUT2D eigenvalue weighted by Gasteiger charge is -2.04. The quantitative estimate of drug-likeness (QED) is 0.283. The summed E-state index contributed by atoms with van der Waals surface area (Å²) in [6.45, 7) is 3.86. The van der Waals surface area contributed by atoms with Gasteiger partial charge >= 0.3 is 0 Å². The summed E-state index contributed by atoms with van der Waals surface area (Å²) in [7, 11) is 0. The van der Waals surface area contributed by atoms with Gasteiger partial charge < -0.3 is 0 Å². The number of aryl methyl sites for hydroxylation is 1. The lowest BCUT2D eigenvalue weighted by molar-refractivity contribution is 0.544. The van der Waals surface area contributed by atoms with E-state index in [0.29, 0.717) is 0 Å². The van der Waals surface area contributed by atoms with Gasteiger partial charge in [0.25, 0.3) is 0 Å². The molecule has 131 valence electrons. The Labute approximate surface area is 149 Å². The average Bonchev–Trinajstić information content (AvgIpc) is 2.59. The first-order valence-electron chi connectivity index (χ1n) is 9.84. The van der Waals surface area contributed by atoms with E-state index in [1.807, 2.05) is 11.8 Å². The summed E-state index contributed by atoms with van der Waals surface area (Å²) in [6, 6.07) is 10.9. The van der Waals surface area contributed by atoms with Crippen LogP contribution in [-0.4, -0.2) is 11.5 Å². The van der Waals surface area contributed by atoms with Gasteiger partial charge in [-0.3, -0.25) is 0 Å². The maximum absolute atomic E-state index is 3.86. The molecular weight excluding hydrogens is 296 g/mol. The Morgan fingerprint density at radius 3 is 1.61 bits per heavy atom. The van der Waals surface area contributed by atoms with Crippen LogP contribution < -0.4 is 0 Å². The normalized spacial score (nSPS) is 11.0. The molecule has 0 aliphatic rings. The van der Waals surface area contributed by atoms with Crippen LogP contribution in [0.25, 0.3) is 0 Å². The number of benzene rings is 1. The molecule has 1 aromatic rings. The van der Waals surface area contributed by atoms with Crippen molar-refractivity contribution in [3.63, 3.8) is 0 Å². The molecule has 0 aromatic heterocycles. The van der Waals surface area contributed by atoms with Crippen LogP contribution in [0, 0.1) is 6.92 Å². The summed E-state index contributed by atoms with van der Waals surface area (Å²) in [5.41, 5.74) is 1.50. The minimum Gasteiger partial charge on any atom is -0.162 e. The number of thioether (sulfide) groups is 1. The van der Waals surface area contributed by atoms with Crippen molar-refractivity contribution in [2.45, 2.75) is 83.5 Å². The van der Waals surface area contributed by atoms with E-state index in [-0.39, 0.29) is 0 Å². The Morgan fingerprint density at radius 2 is 1.09 bits per heavy atom. The molecule has 0 N–H and O–H groups in total. The summed E-state index contributed by atoms with van der Waals surface area (Å²) in [5, 5.41) is 0. The third kappa shape index (κ3) is 13.7. The van der Waals surface area contributed by atoms with Crippen LogP contribution >= 0.6 is 11.8 Å². The molecule has 0 spiro atoms. The van der Waals surface area contributed by atoms with Crippen molar-refractivity contribution in [3.05, 3.63) is 42.8 Å². The van der Waals surface area contributed by atoms with Gasteiger partial charge in [-0.05, 0) is 43.3 Å².